The molecule has 1 amide bonds. The fourth-order valence-electron chi connectivity index (χ4n) is 2.02. The van der Waals surface area contributed by atoms with E-state index in [1.54, 1.807) is 0 Å². The summed E-state index contributed by atoms with van der Waals surface area (Å²) in [5.74, 6) is 0.0671. The minimum Gasteiger partial charge on any atom is -0.480 e. The monoisotopic (exact) mass is 325 g/mol. The number of aromatic nitrogens is 2. The van der Waals surface area contributed by atoms with Gasteiger partial charge in [0, 0.05) is 18.3 Å². The van der Waals surface area contributed by atoms with E-state index in [0.29, 0.717) is 31.0 Å². The zero-order valence-electron chi connectivity index (χ0n) is 14.5. The molecule has 0 aliphatic heterocycles. The molecule has 0 aliphatic rings. The van der Waals surface area contributed by atoms with E-state index in [0.717, 1.165) is 0 Å². The first-order chi connectivity index (χ1) is 10.6. The highest BCUT2D eigenvalue weighted by atomic mass is 16.5. The second-order valence-corrected chi connectivity index (χ2v) is 7.20. The molecule has 7 nitrogen and oxygen atoms in total. The molecular weight excluding hydrogens is 298 g/mol. The number of nitrogens with zero attached hydrogens (tertiary/aromatic N) is 2. The SMILES string of the molecule is CC(C)CC(NC(=O)CCCc1nc(C(C)(C)C)no1)C(=O)O. The summed E-state index contributed by atoms with van der Waals surface area (Å²) in [6, 6.07) is -0.835. The molecule has 0 bridgehead atoms. The predicted molar refractivity (Wildman–Crippen MR) is 85.0 cm³/mol. The Bertz CT molecular complexity index is 532. The second kappa shape index (κ2) is 8.08. The van der Waals surface area contributed by atoms with E-state index in [1.807, 2.05) is 34.6 Å². The number of carbonyl (C=O) groups excluding carboxylic acids is 1. The Morgan fingerprint density at radius 2 is 1.96 bits per heavy atom. The van der Waals surface area contributed by atoms with Crippen molar-refractivity contribution < 1.29 is 19.2 Å². The Balaban J connectivity index is 2.41. The van der Waals surface area contributed by atoms with Gasteiger partial charge in [0.25, 0.3) is 0 Å². The number of amides is 1. The number of nitrogens with one attached hydrogen (secondary N) is 1. The number of aryl methyl sites for hydroxylation is 1. The number of carboxylic acid groups (broad SMARTS) is 1. The lowest BCUT2D eigenvalue weighted by molar-refractivity contribution is -0.142. The summed E-state index contributed by atoms with van der Waals surface area (Å²) in [5.41, 5.74) is -0.176. The number of carbonyl (C=O) groups is 2. The maximum atomic E-state index is 11.9. The van der Waals surface area contributed by atoms with Crippen LogP contribution in [-0.2, 0) is 21.4 Å². The molecule has 0 aliphatic carbocycles. The van der Waals surface area contributed by atoms with Crippen LogP contribution in [0, 0.1) is 5.92 Å². The number of rotatable bonds is 8. The molecule has 0 fully saturated rings. The normalized spacial score (nSPS) is 13.1. The topological polar surface area (TPSA) is 105 Å². The summed E-state index contributed by atoms with van der Waals surface area (Å²) in [7, 11) is 0. The Morgan fingerprint density at radius 1 is 1.30 bits per heavy atom. The average molecular weight is 325 g/mol. The van der Waals surface area contributed by atoms with E-state index < -0.39 is 12.0 Å². The predicted octanol–water partition coefficient (Wildman–Crippen LogP) is 2.31. The third-order valence-electron chi connectivity index (χ3n) is 3.27. The van der Waals surface area contributed by atoms with Gasteiger partial charge in [0.1, 0.15) is 6.04 Å². The lowest BCUT2D eigenvalue weighted by Gasteiger charge is -2.16. The van der Waals surface area contributed by atoms with Crippen molar-refractivity contribution in [2.24, 2.45) is 5.92 Å². The van der Waals surface area contributed by atoms with Gasteiger partial charge in [0.05, 0.1) is 0 Å². The lowest BCUT2D eigenvalue weighted by atomic mass is 9.96. The molecule has 0 radical (unpaired) electrons. The van der Waals surface area contributed by atoms with Crippen molar-refractivity contribution in [2.45, 2.75) is 71.8 Å². The Kier molecular flexibility index (Phi) is 6.72. The molecule has 1 unspecified atom stereocenters. The molecule has 7 heteroatoms. The van der Waals surface area contributed by atoms with Gasteiger partial charge in [0.15, 0.2) is 5.82 Å². The smallest absolute Gasteiger partial charge is 0.326 e. The zero-order valence-corrected chi connectivity index (χ0v) is 14.5. The summed E-state index contributed by atoms with van der Waals surface area (Å²) < 4.78 is 5.16. The standard InChI is InChI=1S/C16H27N3O4/c1-10(2)9-11(14(21)22)17-12(20)7-6-8-13-18-15(19-23-13)16(3,4)5/h10-11H,6-9H2,1-5H3,(H,17,20)(H,21,22). The van der Waals surface area contributed by atoms with Gasteiger partial charge in [-0.2, -0.15) is 4.98 Å². The van der Waals surface area contributed by atoms with Gasteiger partial charge in [0.2, 0.25) is 11.8 Å². The van der Waals surface area contributed by atoms with Gasteiger partial charge in [-0.25, -0.2) is 4.79 Å². The third kappa shape index (κ3) is 6.80. The van der Waals surface area contributed by atoms with Gasteiger partial charge in [-0.3, -0.25) is 4.79 Å². The summed E-state index contributed by atoms with van der Waals surface area (Å²) in [6.07, 6.45) is 1.68. The Morgan fingerprint density at radius 3 is 2.43 bits per heavy atom. The molecule has 0 saturated heterocycles. The summed E-state index contributed by atoms with van der Waals surface area (Å²) >= 11 is 0. The number of hydrogen-bond donors (Lipinski definition) is 2. The zero-order chi connectivity index (χ0) is 17.6. The van der Waals surface area contributed by atoms with Crippen LogP contribution in [0.3, 0.4) is 0 Å². The summed E-state index contributed by atoms with van der Waals surface area (Å²) in [5, 5.41) is 15.6. The van der Waals surface area contributed by atoms with E-state index in [1.165, 1.54) is 0 Å². The maximum absolute atomic E-state index is 11.9. The van der Waals surface area contributed by atoms with Crippen LogP contribution >= 0.6 is 0 Å². The minimum atomic E-state index is -1.00. The molecule has 0 spiro atoms. The van der Waals surface area contributed by atoms with Crippen LogP contribution in [0.2, 0.25) is 0 Å². The first-order valence-corrected chi connectivity index (χ1v) is 7.95. The van der Waals surface area contributed by atoms with E-state index >= 15 is 0 Å². The number of carboxylic acids is 1. The van der Waals surface area contributed by atoms with Crippen molar-refractivity contribution in [1.82, 2.24) is 15.5 Å². The molecule has 1 atom stereocenters. The van der Waals surface area contributed by atoms with Gasteiger partial charge >= 0.3 is 5.97 Å². The maximum Gasteiger partial charge on any atom is 0.326 e. The van der Waals surface area contributed by atoms with Crippen molar-refractivity contribution in [3.63, 3.8) is 0 Å². The summed E-state index contributed by atoms with van der Waals surface area (Å²) in [4.78, 5) is 27.3. The molecule has 1 rings (SSSR count). The number of aliphatic carboxylic acids is 1. The van der Waals surface area contributed by atoms with Gasteiger partial charge < -0.3 is 14.9 Å². The fourth-order valence-corrected chi connectivity index (χ4v) is 2.02. The van der Waals surface area contributed by atoms with Crippen LogP contribution in [0.4, 0.5) is 0 Å². The van der Waals surface area contributed by atoms with Gasteiger partial charge in [-0.1, -0.05) is 39.8 Å². The molecule has 1 aromatic heterocycles. The average Bonchev–Trinajstić information content (AvgIpc) is 2.86. The van der Waals surface area contributed by atoms with Crippen LogP contribution < -0.4 is 5.32 Å². The van der Waals surface area contributed by atoms with Crippen LogP contribution in [0.15, 0.2) is 4.52 Å². The minimum absolute atomic E-state index is 0.176. The van der Waals surface area contributed by atoms with Crippen LogP contribution in [0.5, 0.6) is 0 Å². The van der Waals surface area contributed by atoms with Crippen molar-refractivity contribution in [2.75, 3.05) is 0 Å². The molecule has 23 heavy (non-hydrogen) atoms. The van der Waals surface area contributed by atoms with Crippen molar-refractivity contribution >= 4 is 11.9 Å². The quantitative estimate of drug-likeness (QED) is 0.760. The summed E-state index contributed by atoms with van der Waals surface area (Å²) in [6.45, 7) is 9.83. The van der Waals surface area contributed by atoms with Crippen molar-refractivity contribution in [1.29, 1.82) is 0 Å². The molecule has 2 N–H and O–H groups in total. The van der Waals surface area contributed by atoms with E-state index in [4.69, 9.17) is 9.63 Å². The lowest BCUT2D eigenvalue weighted by Crippen LogP contribution is -2.41. The molecule has 130 valence electrons. The van der Waals surface area contributed by atoms with Crippen molar-refractivity contribution in [3.05, 3.63) is 11.7 Å². The highest BCUT2D eigenvalue weighted by molar-refractivity contribution is 5.83. The van der Waals surface area contributed by atoms with Crippen LogP contribution in [0.25, 0.3) is 0 Å². The highest BCUT2D eigenvalue weighted by Gasteiger charge is 2.22. The molecule has 0 aromatic carbocycles. The van der Waals surface area contributed by atoms with Crippen LogP contribution in [0.1, 0.15) is 65.6 Å². The van der Waals surface area contributed by atoms with E-state index in [2.05, 4.69) is 15.5 Å². The Hall–Kier alpha value is -1.92. The number of hydrogen-bond acceptors (Lipinski definition) is 5. The highest BCUT2D eigenvalue weighted by Crippen LogP contribution is 2.18. The van der Waals surface area contributed by atoms with Crippen molar-refractivity contribution in [3.8, 4) is 0 Å². The molecule has 0 saturated carbocycles. The third-order valence-corrected chi connectivity index (χ3v) is 3.27. The largest absolute Gasteiger partial charge is 0.480 e. The molecular formula is C16H27N3O4. The molecule has 1 aromatic rings. The Labute approximate surface area is 136 Å². The molecule has 1 heterocycles. The van der Waals surface area contributed by atoms with Crippen LogP contribution in [-0.4, -0.2) is 33.2 Å². The second-order valence-electron chi connectivity index (χ2n) is 7.20. The van der Waals surface area contributed by atoms with Gasteiger partial charge in [-0.15, -0.1) is 0 Å². The van der Waals surface area contributed by atoms with E-state index in [9.17, 15) is 9.59 Å². The fraction of sp³-hybridized carbons (Fsp3) is 0.750. The van der Waals surface area contributed by atoms with E-state index in [-0.39, 0.29) is 23.7 Å². The first-order valence-electron chi connectivity index (χ1n) is 7.95. The van der Waals surface area contributed by atoms with Gasteiger partial charge in [-0.05, 0) is 18.8 Å². The first kappa shape index (κ1) is 19.1.